The van der Waals surface area contributed by atoms with Crippen LogP contribution in [0.25, 0.3) is 21.9 Å². The first-order valence-corrected chi connectivity index (χ1v) is 17.8. The first kappa shape index (κ1) is 29.1. The second kappa shape index (κ2) is 12.5. The van der Waals surface area contributed by atoms with Crippen LogP contribution in [0.15, 0.2) is 65.1 Å². The molecule has 1 atom stereocenters. The fraction of sp³-hybridized carbons (Fsp3) is 0.379. The molecule has 0 fully saturated rings. The van der Waals surface area contributed by atoms with Crippen LogP contribution in [-0.4, -0.2) is 42.7 Å². The molecule has 1 aromatic heterocycles. The lowest BCUT2D eigenvalue weighted by molar-refractivity contribution is 0.183. The van der Waals surface area contributed by atoms with Gasteiger partial charge in [-0.25, -0.2) is 12.8 Å². The van der Waals surface area contributed by atoms with Gasteiger partial charge in [0.2, 0.25) is 10.0 Å². The number of hydrogen-bond donors (Lipinski definition) is 2. The summed E-state index contributed by atoms with van der Waals surface area (Å²) in [5.41, 5.74) is 2.27. The van der Waals surface area contributed by atoms with Gasteiger partial charge in [0.25, 0.3) is 0 Å². The summed E-state index contributed by atoms with van der Waals surface area (Å²) in [6.07, 6.45) is 0.646. The van der Waals surface area contributed by atoms with E-state index in [4.69, 9.17) is 13.6 Å². The molecule has 4 rings (SSSR count). The molecule has 0 aliphatic rings. The number of fused-ring (bicyclic) bond motifs is 3. The molecule has 2 N–H and O–H groups in total. The summed E-state index contributed by atoms with van der Waals surface area (Å²) in [5.74, 6) is 0.0937. The summed E-state index contributed by atoms with van der Waals surface area (Å²) < 4.78 is 58.8. The Balaban J connectivity index is 1.43. The maximum atomic E-state index is 14.4. The highest BCUT2D eigenvalue weighted by molar-refractivity contribution is 7.92. The van der Waals surface area contributed by atoms with Gasteiger partial charge < -0.3 is 18.9 Å². The van der Waals surface area contributed by atoms with E-state index in [1.54, 1.807) is 6.07 Å². The monoisotopic (exact) mass is 572 g/mol. The minimum atomic E-state index is -3.62. The molecule has 0 amide bonds. The molecule has 4 aromatic rings. The molecular formula is C29H37FN2O5SSi. The van der Waals surface area contributed by atoms with E-state index in [1.807, 2.05) is 42.5 Å². The molecule has 0 aliphatic heterocycles. The largest absolute Gasteiger partial charge is 0.492 e. The minimum Gasteiger partial charge on any atom is -0.492 e. The third kappa shape index (κ3) is 7.19. The Morgan fingerprint density at radius 3 is 2.38 bits per heavy atom. The molecule has 3 aromatic carbocycles. The van der Waals surface area contributed by atoms with Crippen molar-refractivity contribution < 1.29 is 26.4 Å². The van der Waals surface area contributed by atoms with Gasteiger partial charge in [-0.15, -0.1) is 0 Å². The number of benzene rings is 3. The van der Waals surface area contributed by atoms with Crippen molar-refractivity contribution in [2.45, 2.75) is 45.0 Å². The summed E-state index contributed by atoms with van der Waals surface area (Å²) in [4.78, 5) is 0. The molecule has 7 nitrogen and oxygen atoms in total. The van der Waals surface area contributed by atoms with Crippen molar-refractivity contribution in [2.75, 3.05) is 30.7 Å². The van der Waals surface area contributed by atoms with Crippen LogP contribution in [0, 0.1) is 5.82 Å². The lowest BCUT2D eigenvalue weighted by Gasteiger charge is -2.34. The van der Waals surface area contributed by atoms with E-state index in [-0.39, 0.29) is 11.8 Å². The molecule has 0 spiro atoms. The molecule has 0 bridgehead atoms. The maximum Gasteiger partial charge on any atom is 0.229 e. The average molecular weight is 573 g/mol. The Labute approximate surface area is 230 Å². The van der Waals surface area contributed by atoms with Gasteiger partial charge in [0.15, 0.2) is 8.32 Å². The van der Waals surface area contributed by atoms with Crippen LogP contribution in [0.4, 0.5) is 10.1 Å². The number of rotatable bonds is 14. The first-order chi connectivity index (χ1) is 18.7. The minimum absolute atomic E-state index is 0.0790. The fourth-order valence-electron chi connectivity index (χ4n) is 4.82. The number of halogens is 1. The maximum absolute atomic E-state index is 14.4. The van der Waals surface area contributed by atoms with Crippen LogP contribution in [0.1, 0.15) is 32.4 Å². The van der Waals surface area contributed by atoms with Gasteiger partial charge in [-0.05, 0) is 54.0 Å². The molecule has 1 unspecified atom stereocenters. The number of nitrogens with one attached hydrogen (secondary N) is 2. The van der Waals surface area contributed by atoms with E-state index in [9.17, 15) is 12.8 Å². The van der Waals surface area contributed by atoms with E-state index >= 15 is 0 Å². The van der Waals surface area contributed by atoms with Crippen LogP contribution in [0.3, 0.4) is 0 Å². The molecule has 10 heteroatoms. The number of anilines is 1. The zero-order valence-corrected chi connectivity index (χ0v) is 24.7. The lowest BCUT2D eigenvalue weighted by Crippen LogP contribution is -2.40. The standard InChI is InChI=1S/C29H37FN2O5SSi/c1-5-39(6-2,7-3)37-29(21-12-15-25(30)26(18-21)32-38(4,33)34)20-31-16-17-35-22-13-14-24-23-10-8-9-11-27(23)36-28(24)19-22/h8-15,18-19,29,31-32H,5-7,16-17,20H2,1-4H3. The Morgan fingerprint density at radius 2 is 1.67 bits per heavy atom. The molecule has 39 heavy (non-hydrogen) atoms. The average Bonchev–Trinajstić information content (AvgIpc) is 3.29. The number of hydrogen-bond acceptors (Lipinski definition) is 6. The van der Waals surface area contributed by atoms with Gasteiger partial charge in [0.1, 0.15) is 29.3 Å². The Hall–Kier alpha value is -2.92. The van der Waals surface area contributed by atoms with Crippen LogP contribution in [0.2, 0.25) is 18.1 Å². The molecule has 1 heterocycles. The highest BCUT2D eigenvalue weighted by atomic mass is 32.2. The van der Waals surface area contributed by atoms with E-state index < -0.39 is 24.2 Å². The van der Waals surface area contributed by atoms with Crippen LogP contribution in [0.5, 0.6) is 5.75 Å². The van der Waals surface area contributed by atoms with E-state index in [1.165, 1.54) is 12.1 Å². The van der Waals surface area contributed by atoms with Crippen LogP contribution >= 0.6 is 0 Å². The first-order valence-electron chi connectivity index (χ1n) is 13.4. The number of sulfonamides is 1. The van der Waals surface area contributed by atoms with Crippen molar-refractivity contribution in [1.29, 1.82) is 0 Å². The number of ether oxygens (including phenoxy) is 1. The van der Waals surface area contributed by atoms with Gasteiger partial charge in [-0.3, -0.25) is 4.72 Å². The van der Waals surface area contributed by atoms with E-state index in [2.05, 4.69) is 30.8 Å². The molecule has 0 aliphatic carbocycles. The van der Waals surface area contributed by atoms with Gasteiger partial charge in [0.05, 0.1) is 18.0 Å². The number of para-hydroxylation sites is 1. The molecule has 0 saturated carbocycles. The van der Waals surface area contributed by atoms with Crippen molar-refractivity contribution in [3.63, 3.8) is 0 Å². The van der Waals surface area contributed by atoms with Gasteiger partial charge >= 0.3 is 0 Å². The summed E-state index contributed by atoms with van der Waals surface area (Å²) in [6.45, 7) is 7.92. The summed E-state index contributed by atoms with van der Waals surface area (Å²) >= 11 is 0. The molecule has 210 valence electrons. The van der Waals surface area contributed by atoms with Crippen molar-refractivity contribution >= 4 is 46.0 Å². The van der Waals surface area contributed by atoms with Gasteiger partial charge in [-0.2, -0.15) is 0 Å². The molecule has 0 radical (unpaired) electrons. The Bertz CT molecular complexity index is 1510. The zero-order valence-electron chi connectivity index (χ0n) is 22.9. The van der Waals surface area contributed by atoms with Crippen molar-refractivity contribution in [1.82, 2.24) is 5.32 Å². The van der Waals surface area contributed by atoms with Crippen LogP contribution in [-0.2, 0) is 14.4 Å². The van der Waals surface area contributed by atoms with Crippen molar-refractivity contribution in [3.05, 3.63) is 72.0 Å². The highest BCUT2D eigenvalue weighted by Gasteiger charge is 2.32. The quantitative estimate of drug-likeness (QED) is 0.127. The SMILES string of the molecule is CC[Si](CC)(CC)OC(CNCCOc1ccc2c(c1)oc1ccccc12)c1ccc(F)c(NS(C)(=O)=O)c1. The van der Waals surface area contributed by atoms with Crippen LogP contribution < -0.4 is 14.8 Å². The second-order valence-electron chi connectivity index (χ2n) is 9.77. The Kier molecular flexibility index (Phi) is 9.32. The summed E-state index contributed by atoms with van der Waals surface area (Å²) in [5, 5.41) is 5.54. The van der Waals surface area contributed by atoms with Crippen molar-refractivity contribution in [3.8, 4) is 5.75 Å². The van der Waals surface area contributed by atoms with E-state index in [0.29, 0.717) is 19.7 Å². The smallest absolute Gasteiger partial charge is 0.229 e. The summed E-state index contributed by atoms with van der Waals surface area (Å²) in [6, 6.07) is 21.1. The normalized spacial score (nSPS) is 13.2. The molecule has 0 saturated heterocycles. The highest BCUT2D eigenvalue weighted by Crippen LogP contribution is 2.32. The van der Waals surface area contributed by atoms with E-state index in [0.717, 1.165) is 57.6 Å². The third-order valence-electron chi connectivity index (χ3n) is 7.21. The zero-order chi connectivity index (χ0) is 28.0. The van der Waals surface area contributed by atoms with Crippen molar-refractivity contribution in [2.24, 2.45) is 0 Å². The third-order valence-corrected chi connectivity index (χ3v) is 12.5. The Morgan fingerprint density at radius 1 is 0.949 bits per heavy atom. The summed E-state index contributed by atoms with van der Waals surface area (Å²) in [7, 11) is -5.64. The predicted octanol–water partition coefficient (Wildman–Crippen LogP) is 6.83. The number of furan rings is 1. The van der Waals surface area contributed by atoms with Gasteiger partial charge in [-0.1, -0.05) is 45.0 Å². The van der Waals surface area contributed by atoms with Gasteiger partial charge in [0, 0.05) is 29.9 Å². The lowest BCUT2D eigenvalue weighted by atomic mass is 10.1. The molecular weight excluding hydrogens is 535 g/mol. The fourth-order valence-corrected chi connectivity index (χ4v) is 8.20. The topological polar surface area (TPSA) is 89.8 Å². The second-order valence-corrected chi connectivity index (χ2v) is 16.2. The predicted molar refractivity (Wildman–Crippen MR) is 158 cm³/mol.